The van der Waals surface area contributed by atoms with Gasteiger partial charge in [0.15, 0.2) is 0 Å². The molecule has 0 aliphatic heterocycles. The molecule has 1 aromatic heterocycles. The molecule has 2 rings (SSSR count). The predicted molar refractivity (Wildman–Crippen MR) is 62.0 cm³/mol. The lowest BCUT2D eigenvalue weighted by atomic mass is 10.1. The zero-order valence-electron chi connectivity index (χ0n) is 8.34. The number of nitrogens with two attached hydrogens (primary N) is 1. The molecular formula is C11H10ClN3O. The van der Waals surface area contributed by atoms with Gasteiger partial charge in [-0.1, -0.05) is 29.8 Å². The SMILES string of the molecule is Nc1nccnc1C(O)c1ccccc1Cl. The fourth-order valence-electron chi connectivity index (χ4n) is 1.41. The summed E-state index contributed by atoms with van der Waals surface area (Å²) in [4.78, 5) is 7.87. The minimum Gasteiger partial charge on any atom is -0.382 e. The van der Waals surface area contributed by atoms with Crippen LogP contribution in [-0.4, -0.2) is 15.1 Å². The molecule has 0 fully saturated rings. The molecule has 0 aliphatic carbocycles. The van der Waals surface area contributed by atoms with E-state index in [-0.39, 0.29) is 5.82 Å². The fraction of sp³-hybridized carbons (Fsp3) is 0.0909. The second-order valence-electron chi connectivity index (χ2n) is 3.25. The Bertz CT molecular complexity index is 459. The summed E-state index contributed by atoms with van der Waals surface area (Å²) in [6.45, 7) is 0. The van der Waals surface area contributed by atoms with Gasteiger partial charge in [0.05, 0.1) is 0 Å². The standard InChI is InChI=1S/C11H10ClN3O/c12-8-4-2-1-3-7(8)10(16)9-11(13)15-6-5-14-9/h1-6,10,16H,(H2,13,15). The molecule has 1 atom stereocenters. The van der Waals surface area contributed by atoms with Crippen molar-refractivity contribution < 1.29 is 5.11 Å². The van der Waals surface area contributed by atoms with Gasteiger partial charge in [0.25, 0.3) is 0 Å². The number of nitrogens with zero attached hydrogens (tertiary/aromatic N) is 2. The van der Waals surface area contributed by atoms with Crippen molar-refractivity contribution in [1.82, 2.24) is 9.97 Å². The van der Waals surface area contributed by atoms with E-state index in [1.807, 2.05) is 0 Å². The van der Waals surface area contributed by atoms with Crippen LogP contribution in [0.2, 0.25) is 5.02 Å². The Morgan fingerprint density at radius 3 is 2.56 bits per heavy atom. The number of hydrogen-bond acceptors (Lipinski definition) is 4. The zero-order chi connectivity index (χ0) is 11.5. The minimum absolute atomic E-state index is 0.204. The highest BCUT2D eigenvalue weighted by atomic mass is 35.5. The molecule has 1 heterocycles. The highest BCUT2D eigenvalue weighted by Crippen LogP contribution is 2.28. The molecule has 3 N–H and O–H groups in total. The van der Waals surface area contributed by atoms with Crippen LogP contribution in [0.5, 0.6) is 0 Å². The van der Waals surface area contributed by atoms with Crippen LogP contribution in [0.15, 0.2) is 36.7 Å². The molecule has 0 spiro atoms. The van der Waals surface area contributed by atoms with Crippen molar-refractivity contribution in [3.05, 3.63) is 52.9 Å². The summed E-state index contributed by atoms with van der Waals surface area (Å²) in [5.41, 5.74) is 6.51. The highest BCUT2D eigenvalue weighted by Gasteiger charge is 2.17. The second kappa shape index (κ2) is 4.47. The number of halogens is 1. The molecule has 0 radical (unpaired) electrons. The first-order chi connectivity index (χ1) is 7.70. The van der Waals surface area contributed by atoms with Crippen LogP contribution in [0.25, 0.3) is 0 Å². The van der Waals surface area contributed by atoms with Crippen LogP contribution in [-0.2, 0) is 0 Å². The summed E-state index contributed by atoms with van der Waals surface area (Å²) in [6.07, 6.45) is 1.99. The lowest BCUT2D eigenvalue weighted by molar-refractivity contribution is 0.216. The Labute approximate surface area is 97.7 Å². The number of anilines is 1. The summed E-state index contributed by atoms with van der Waals surface area (Å²) >= 11 is 5.97. The summed E-state index contributed by atoms with van der Waals surface area (Å²) in [5, 5.41) is 10.6. The molecule has 1 unspecified atom stereocenters. The van der Waals surface area contributed by atoms with Crippen molar-refractivity contribution in [2.24, 2.45) is 0 Å². The number of hydrogen-bond donors (Lipinski definition) is 2. The van der Waals surface area contributed by atoms with Gasteiger partial charge < -0.3 is 10.8 Å². The van der Waals surface area contributed by atoms with Crippen molar-refractivity contribution in [1.29, 1.82) is 0 Å². The first-order valence-electron chi connectivity index (χ1n) is 4.69. The van der Waals surface area contributed by atoms with Gasteiger partial charge in [0.1, 0.15) is 17.6 Å². The number of aliphatic hydroxyl groups is 1. The van der Waals surface area contributed by atoms with Crippen molar-refractivity contribution >= 4 is 17.4 Å². The van der Waals surface area contributed by atoms with Crippen molar-refractivity contribution in [2.75, 3.05) is 5.73 Å². The van der Waals surface area contributed by atoms with Crippen LogP contribution >= 0.6 is 11.6 Å². The van der Waals surface area contributed by atoms with Gasteiger partial charge in [0.2, 0.25) is 0 Å². The summed E-state index contributed by atoms with van der Waals surface area (Å²) < 4.78 is 0. The molecule has 0 bridgehead atoms. The predicted octanol–water partition coefficient (Wildman–Crippen LogP) is 1.79. The summed E-state index contributed by atoms with van der Waals surface area (Å²) in [5.74, 6) is 0.204. The van der Waals surface area contributed by atoms with Gasteiger partial charge in [0, 0.05) is 23.0 Å². The molecule has 0 saturated carbocycles. The average molecular weight is 236 g/mol. The smallest absolute Gasteiger partial charge is 0.148 e. The third kappa shape index (κ3) is 1.98. The molecule has 5 heteroatoms. The van der Waals surface area contributed by atoms with Crippen molar-refractivity contribution in [2.45, 2.75) is 6.10 Å². The Hall–Kier alpha value is -1.65. The maximum atomic E-state index is 10.1. The van der Waals surface area contributed by atoms with Crippen LogP contribution in [0.3, 0.4) is 0 Å². The monoisotopic (exact) mass is 235 g/mol. The van der Waals surface area contributed by atoms with E-state index in [4.69, 9.17) is 17.3 Å². The van der Waals surface area contributed by atoms with Crippen LogP contribution in [0.4, 0.5) is 5.82 Å². The van der Waals surface area contributed by atoms with E-state index in [1.165, 1.54) is 12.4 Å². The van der Waals surface area contributed by atoms with Gasteiger partial charge in [-0.2, -0.15) is 0 Å². The van der Waals surface area contributed by atoms with Crippen LogP contribution in [0.1, 0.15) is 17.4 Å². The minimum atomic E-state index is -0.956. The lowest BCUT2D eigenvalue weighted by Crippen LogP contribution is -2.08. The first kappa shape index (κ1) is 10.9. The third-order valence-corrected chi connectivity index (χ3v) is 2.56. The van der Waals surface area contributed by atoms with E-state index in [1.54, 1.807) is 24.3 Å². The first-order valence-corrected chi connectivity index (χ1v) is 5.07. The molecule has 2 aromatic rings. The highest BCUT2D eigenvalue weighted by molar-refractivity contribution is 6.31. The summed E-state index contributed by atoms with van der Waals surface area (Å²) in [7, 11) is 0. The molecule has 4 nitrogen and oxygen atoms in total. The Morgan fingerprint density at radius 2 is 1.88 bits per heavy atom. The Morgan fingerprint density at radius 1 is 1.19 bits per heavy atom. The molecular weight excluding hydrogens is 226 g/mol. The van der Waals surface area contributed by atoms with E-state index < -0.39 is 6.10 Å². The maximum Gasteiger partial charge on any atom is 0.148 e. The lowest BCUT2D eigenvalue weighted by Gasteiger charge is -2.12. The van der Waals surface area contributed by atoms with Crippen LogP contribution < -0.4 is 5.73 Å². The van der Waals surface area contributed by atoms with Gasteiger partial charge in [-0.15, -0.1) is 0 Å². The van der Waals surface area contributed by atoms with E-state index >= 15 is 0 Å². The van der Waals surface area contributed by atoms with Gasteiger partial charge >= 0.3 is 0 Å². The number of aromatic nitrogens is 2. The van der Waals surface area contributed by atoms with E-state index in [9.17, 15) is 5.11 Å². The number of benzene rings is 1. The quantitative estimate of drug-likeness (QED) is 0.833. The molecule has 0 amide bonds. The molecule has 1 aromatic carbocycles. The third-order valence-electron chi connectivity index (χ3n) is 2.22. The van der Waals surface area contributed by atoms with Crippen LogP contribution in [0, 0.1) is 0 Å². The van der Waals surface area contributed by atoms with Crippen molar-refractivity contribution in [3.8, 4) is 0 Å². The average Bonchev–Trinajstić information content (AvgIpc) is 2.29. The molecule has 82 valence electrons. The topological polar surface area (TPSA) is 72.0 Å². The number of aliphatic hydroxyl groups excluding tert-OH is 1. The second-order valence-corrected chi connectivity index (χ2v) is 3.66. The van der Waals surface area contributed by atoms with Crippen molar-refractivity contribution in [3.63, 3.8) is 0 Å². The van der Waals surface area contributed by atoms with Gasteiger partial charge in [-0.25, -0.2) is 4.98 Å². The number of nitrogen functional groups attached to an aromatic ring is 1. The van der Waals surface area contributed by atoms with Gasteiger partial charge in [-0.05, 0) is 6.07 Å². The Kier molecular flexibility index (Phi) is 3.03. The fourth-order valence-corrected chi connectivity index (χ4v) is 1.65. The largest absolute Gasteiger partial charge is 0.382 e. The molecule has 0 aliphatic rings. The van der Waals surface area contributed by atoms with E-state index in [0.29, 0.717) is 16.3 Å². The van der Waals surface area contributed by atoms with Gasteiger partial charge in [-0.3, -0.25) is 4.98 Å². The Balaban J connectivity index is 2.44. The molecule has 16 heavy (non-hydrogen) atoms. The zero-order valence-corrected chi connectivity index (χ0v) is 9.09. The number of rotatable bonds is 2. The molecule has 0 saturated heterocycles. The maximum absolute atomic E-state index is 10.1. The normalized spacial score (nSPS) is 12.4. The summed E-state index contributed by atoms with van der Waals surface area (Å²) in [6, 6.07) is 7.00. The van der Waals surface area contributed by atoms with E-state index in [2.05, 4.69) is 9.97 Å². The van der Waals surface area contributed by atoms with E-state index in [0.717, 1.165) is 0 Å².